The molecule has 0 aliphatic rings. The third-order valence-corrected chi connectivity index (χ3v) is 6.67. The zero-order valence-corrected chi connectivity index (χ0v) is 18.2. The van der Waals surface area contributed by atoms with E-state index in [4.69, 9.17) is 0 Å². The lowest BCUT2D eigenvalue weighted by Crippen LogP contribution is -2.30. The maximum Gasteiger partial charge on any atom is 0.242 e. The molecule has 2 rings (SSSR count). The predicted molar refractivity (Wildman–Crippen MR) is 113 cm³/mol. The lowest BCUT2D eigenvalue weighted by molar-refractivity contribution is -0.130. The van der Waals surface area contributed by atoms with Gasteiger partial charge in [-0.05, 0) is 38.0 Å². The lowest BCUT2D eigenvalue weighted by atomic mass is 10.1. The number of hydrogen-bond acceptors (Lipinski definition) is 4. The molecule has 6 nitrogen and oxygen atoms in total. The third-order valence-electron chi connectivity index (χ3n) is 4.80. The van der Waals surface area contributed by atoms with E-state index in [0.717, 1.165) is 5.56 Å². The second-order valence-corrected chi connectivity index (χ2v) is 9.29. The van der Waals surface area contributed by atoms with Gasteiger partial charge in [0.05, 0.1) is 4.90 Å². The fraction of sp³-hybridized carbons (Fsp3) is 0.364. The Bertz CT molecular complexity index is 951. The van der Waals surface area contributed by atoms with Crippen LogP contribution < -0.4 is 0 Å². The van der Waals surface area contributed by atoms with Crippen LogP contribution in [0.15, 0.2) is 53.4 Å². The summed E-state index contributed by atoms with van der Waals surface area (Å²) in [5.41, 5.74) is 2.69. The van der Waals surface area contributed by atoms with E-state index in [-0.39, 0.29) is 29.6 Å². The Labute approximate surface area is 173 Å². The fourth-order valence-corrected chi connectivity index (χ4v) is 4.07. The van der Waals surface area contributed by atoms with E-state index in [9.17, 15) is 18.0 Å². The summed E-state index contributed by atoms with van der Waals surface area (Å²) >= 11 is 0. The van der Waals surface area contributed by atoms with Gasteiger partial charge in [0.2, 0.25) is 15.9 Å². The highest BCUT2D eigenvalue weighted by atomic mass is 32.2. The van der Waals surface area contributed by atoms with Crippen LogP contribution in [0.3, 0.4) is 0 Å². The number of ketones is 1. The standard InChI is InChI=1S/C22H28N2O4S/c1-17-7-9-19(10-8-17)16-23(3)22(26)6-5-15-24(4)29(27,28)21-13-11-20(12-14-21)18(2)25/h7-14H,5-6,15-16H2,1-4H3. The van der Waals surface area contributed by atoms with E-state index in [0.29, 0.717) is 18.5 Å². The molecule has 0 spiro atoms. The van der Waals surface area contributed by atoms with Gasteiger partial charge in [-0.25, -0.2) is 12.7 Å². The summed E-state index contributed by atoms with van der Waals surface area (Å²) in [4.78, 5) is 25.5. The number of benzene rings is 2. The largest absolute Gasteiger partial charge is 0.341 e. The monoisotopic (exact) mass is 416 g/mol. The van der Waals surface area contributed by atoms with Gasteiger partial charge in [0.1, 0.15) is 0 Å². The first-order chi connectivity index (χ1) is 13.6. The lowest BCUT2D eigenvalue weighted by Gasteiger charge is -2.20. The number of carbonyl (C=O) groups excluding carboxylic acids is 2. The van der Waals surface area contributed by atoms with Crippen LogP contribution >= 0.6 is 0 Å². The first-order valence-electron chi connectivity index (χ1n) is 9.48. The highest BCUT2D eigenvalue weighted by Gasteiger charge is 2.21. The Morgan fingerprint density at radius 1 is 0.931 bits per heavy atom. The smallest absolute Gasteiger partial charge is 0.242 e. The van der Waals surface area contributed by atoms with Gasteiger partial charge in [0, 0.05) is 39.2 Å². The molecule has 1 amide bonds. The summed E-state index contributed by atoms with van der Waals surface area (Å²) in [5, 5.41) is 0. The van der Waals surface area contributed by atoms with Crippen molar-refractivity contribution < 1.29 is 18.0 Å². The van der Waals surface area contributed by atoms with Crippen LogP contribution in [-0.2, 0) is 21.4 Å². The van der Waals surface area contributed by atoms with Gasteiger partial charge in [0.15, 0.2) is 5.78 Å². The summed E-state index contributed by atoms with van der Waals surface area (Å²) in [6.45, 7) is 4.21. The molecule has 0 N–H and O–H groups in total. The molecule has 0 aliphatic carbocycles. The maximum absolute atomic E-state index is 12.6. The van der Waals surface area contributed by atoms with Crippen LogP contribution in [0.5, 0.6) is 0 Å². The number of Topliss-reactive ketones (excluding diaryl/α,β-unsaturated/α-hetero) is 1. The van der Waals surface area contributed by atoms with Crippen LogP contribution in [0.4, 0.5) is 0 Å². The molecule has 0 saturated heterocycles. The number of aryl methyl sites for hydroxylation is 1. The Morgan fingerprint density at radius 2 is 1.52 bits per heavy atom. The Balaban J connectivity index is 1.87. The summed E-state index contributed by atoms with van der Waals surface area (Å²) in [7, 11) is -0.411. The van der Waals surface area contributed by atoms with Crippen LogP contribution in [-0.4, -0.2) is 50.0 Å². The van der Waals surface area contributed by atoms with E-state index < -0.39 is 10.0 Å². The van der Waals surface area contributed by atoms with Crippen molar-refractivity contribution in [3.63, 3.8) is 0 Å². The maximum atomic E-state index is 12.6. The van der Waals surface area contributed by atoms with Gasteiger partial charge in [-0.2, -0.15) is 0 Å². The van der Waals surface area contributed by atoms with Crippen molar-refractivity contribution in [1.82, 2.24) is 9.21 Å². The number of sulfonamides is 1. The Morgan fingerprint density at radius 3 is 2.07 bits per heavy atom. The molecule has 0 bridgehead atoms. The highest BCUT2D eigenvalue weighted by molar-refractivity contribution is 7.89. The summed E-state index contributed by atoms with van der Waals surface area (Å²) in [6.07, 6.45) is 0.698. The zero-order valence-electron chi connectivity index (χ0n) is 17.4. The van der Waals surface area contributed by atoms with Crippen molar-refractivity contribution in [2.45, 2.75) is 38.1 Å². The summed E-state index contributed by atoms with van der Waals surface area (Å²) in [6, 6.07) is 13.9. The number of amides is 1. The third kappa shape index (κ3) is 6.24. The van der Waals surface area contributed by atoms with Gasteiger partial charge in [-0.1, -0.05) is 42.0 Å². The molecule has 0 unspecified atom stereocenters. The molecule has 29 heavy (non-hydrogen) atoms. The minimum absolute atomic E-state index is 0.0258. The average Bonchev–Trinajstić information content (AvgIpc) is 2.69. The number of rotatable bonds is 9. The SMILES string of the molecule is CC(=O)c1ccc(S(=O)(=O)N(C)CCCC(=O)N(C)Cc2ccc(C)cc2)cc1. The van der Waals surface area contributed by atoms with E-state index in [1.54, 1.807) is 11.9 Å². The number of hydrogen-bond donors (Lipinski definition) is 0. The molecule has 0 aliphatic heterocycles. The first kappa shape index (κ1) is 22.8. The topological polar surface area (TPSA) is 74.8 Å². The fourth-order valence-electron chi connectivity index (χ4n) is 2.86. The molecule has 0 saturated carbocycles. The molecule has 0 heterocycles. The minimum Gasteiger partial charge on any atom is -0.341 e. The van der Waals surface area contributed by atoms with Gasteiger partial charge >= 0.3 is 0 Å². The van der Waals surface area contributed by atoms with Crippen LogP contribution in [0.1, 0.15) is 41.3 Å². The normalized spacial score (nSPS) is 11.5. The van der Waals surface area contributed by atoms with Gasteiger partial charge in [-0.3, -0.25) is 9.59 Å². The van der Waals surface area contributed by atoms with Gasteiger partial charge in [0.25, 0.3) is 0 Å². The Hall–Kier alpha value is -2.51. The molecular formula is C22H28N2O4S. The van der Waals surface area contributed by atoms with Crippen LogP contribution in [0.25, 0.3) is 0 Å². The van der Waals surface area contributed by atoms with Crippen molar-refractivity contribution >= 4 is 21.7 Å². The molecule has 0 fully saturated rings. The highest BCUT2D eigenvalue weighted by Crippen LogP contribution is 2.16. The van der Waals surface area contributed by atoms with Crippen LogP contribution in [0.2, 0.25) is 0 Å². The predicted octanol–water partition coefficient (Wildman–Crippen LogP) is 3.26. The molecule has 0 radical (unpaired) electrons. The molecule has 0 atom stereocenters. The molecule has 156 valence electrons. The summed E-state index contributed by atoms with van der Waals surface area (Å²) < 4.78 is 26.5. The quantitative estimate of drug-likeness (QED) is 0.588. The average molecular weight is 417 g/mol. The molecular weight excluding hydrogens is 388 g/mol. The molecule has 7 heteroatoms. The van der Waals surface area contributed by atoms with E-state index in [1.165, 1.54) is 48.1 Å². The second kappa shape index (κ2) is 9.80. The second-order valence-electron chi connectivity index (χ2n) is 7.25. The van der Waals surface area contributed by atoms with Crippen molar-refractivity contribution in [2.24, 2.45) is 0 Å². The van der Waals surface area contributed by atoms with E-state index >= 15 is 0 Å². The minimum atomic E-state index is -3.66. The molecule has 2 aromatic rings. The number of nitrogens with zero attached hydrogens (tertiary/aromatic N) is 2. The van der Waals surface area contributed by atoms with E-state index in [2.05, 4.69) is 0 Å². The van der Waals surface area contributed by atoms with Crippen molar-refractivity contribution in [3.8, 4) is 0 Å². The van der Waals surface area contributed by atoms with Crippen molar-refractivity contribution in [3.05, 3.63) is 65.2 Å². The van der Waals surface area contributed by atoms with Gasteiger partial charge in [-0.15, -0.1) is 0 Å². The number of carbonyl (C=O) groups is 2. The first-order valence-corrected chi connectivity index (χ1v) is 10.9. The van der Waals surface area contributed by atoms with Gasteiger partial charge < -0.3 is 4.90 Å². The summed E-state index contributed by atoms with van der Waals surface area (Å²) in [5.74, 6) is -0.141. The van der Waals surface area contributed by atoms with Crippen molar-refractivity contribution in [2.75, 3.05) is 20.6 Å². The van der Waals surface area contributed by atoms with Crippen molar-refractivity contribution in [1.29, 1.82) is 0 Å². The molecule has 2 aromatic carbocycles. The zero-order chi connectivity index (χ0) is 21.6. The van der Waals surface area contributed by atoms with E-state index in [1.807, 2.05) is 31.2 Å². The molecule has 0 aromatic heterocycles. The Kier molecular flexibility index (Phi) is 7.70. The van der Waals surface area contributed by atoms with Crippen LogP contribution in [0, 0.1) is 6.92 Å².